The van der Waals surface area contributed by atoms with Crippen LogP contribution in [0.1, 0.15) is 38.0 Å². The lowest BCUT2D eigenvalue weighted by Gasteiger charge is -2.22. The number of likely N-dealkylation sites (N-methyl/N-ethyl adjacent to an activating group) is 1. The maximum absolute atomic E-state index is 12.4. The van der Waals surface area contributed by atoms with Gasteiger partial charge in [-0.1, -0.05) is 31.1 Å². The number of rotatable bonds is 7. The Balaban J connectivity index is 1.90. The zero-order valence-electron chi connectivity index (χ0n) is 15.8. The van der Waals surface area contributed by atoms with Crippen molar-refractivity contribution in [1.82, 2.24) is 10.1 Å². The number of benzene rings is 1. The Bertz CT molecular complexity index is 770. The minimum Gasteiger partial charge on any atom is -0.481 e. The Morgan fingerprint density at radius 3 is 2.62 bits per heavy atom. The van der Waals surface area contributed by atoms with Gasteiger partial charge in [-0.3, -0.25) is 9.59 Å². The molecular formula is C19H25N3O4. The van der Waals surface area contributed by atoms with Crippen LogP contribution in [-0.2, 0) is 9.59 Å². The van der Waals surface area contributed by atoms with Crippen molar-refractivity contribution in [3.63, 3.8) is 0 Å². The molecule has 7 heteroatoms. The number of hydrogen-bond donors (Lipinski definition) is 1. The van der Waals surface area contributed by atoms with Gasteiger partial charge >= 0.3 is 0 Å². The highest BCUT2D eigenvalue weighted by molar-refractivity contribution is 5.94. The minimum atomic E-state index is -0.704. The first-order chi connectivity index (χ1) is 12.3. The Morgan fingerprint density at radius 2 is 2.00 bits per heavy atom. The van der Waals surface area contributed by atoms with Crippen molar-refractivity contribution in [3.05, 3.63) is 41.7 Å². The SMILES string of the molecule is Cc1cc(NC(=O)CN(C)C(=O)C(C)Oc2cccc(C(C)C)c2)no1. The van der Waals surface area contributed by atoms with Crippen molar-refractivity contribution in [2.45, 2.75) is 39.7 Å². The molecule has 0 aliphatic carbocycles. The van der Waals surface area contributed by atoms with Crippen molar-refractivity contribution < 1.29 is 18.8 Å². The molecule has 1 atom stereocenters. The fraction of sp³-hybridized carbons (Fsp3) is 0.421. The fourth-order valence-electron chi connectivity index (χ4n) is 2.41. The molecule has 1 unspecified atom stereocenters. The standard InChI is InChI=1S/C19H25N3O4/c1-12(2)15-7-6-8-16(10-15)25-14(4)19(24)22(5)11-18(23)20-17-9-13(3)26-21-17/h6-10,12,14H,11H2,1-5H3,(H,20,21,23). The predicted octanol–water partition coefficient (Wildman–Crippen LogP) is 2.97. The Labute approximate surface area is 153 Å². The van der Waals surface area contributed by atoms with Crippen molar-refractivity contribution in [2.75, 3.05) is 18.9 Å². The van der Waals surface area contributed by atoms with Crippen LogP contribution in [0.4, 0.5) is 5.82 Å². The lowest BCUT2D eigenvalue weighted by atomic mass is 10.0. The monoisotopic (exact) mass is 359 g/mol. The molecule has 1 aromatic heterocycles. The highest BCUT2D eigenvalue weighted by Gasteiger charge is 2.21. The van der Waals surface area contributed by atoms with Crippen LogP contribution in [0.5, 0.6) is 5.75 Å². The largest absolute Gasteiger partial charge is 0.481 e. The number of amides is 2. The lowest BCUT2D eigenvalue weighted by molar-refractivity contribution is -0.139. The summed E-state index contributed by atoms with van der Waals surface area (Å²) in [5, 5.41) is 6.26. The summed E-state index contributed by atoms with van der Waals surface area (Å²) < 4.78 is 10.6. The maximum atomic E-state index is 12.4. The molecule has 0 bridgehead atoms. The first kappa shape index (κ1) is 19.5. The van der Waals surface area contributed by atoms with E-state index >= 15 is 0 Å². The van der Waals surface area contributed by atoms with Crippen LogP contribution < -0.4 is 10.1 Å². The first-order valence-corrected chi connectivity index (χ1v) is 8.51. The summed E-state index contributed by atoms with van der Waals surface area (Å²) in [4.78, 5) is 25.8. The first-order valence-electron chi connectivity index (χ1n) is 8.51. The van der Waals surface area contributed by atoms with E-state index in [1.165, 1.54) is 4.90 Å². The second-order valence-electron chi connectivity index (χ2n) is 6.55. The quantitative estimate of drug-likeness (QED) is 0.821. The zero-order valence-corrected chi connectivity index (χ0v) is 15.8. The van der Waals surface area contributed by atoms with Gasteiger partial charge in [0, 0.05) is 13.1 Å². The summed E-state index contributed by atoms with van der Waals surface area (Å²) in [5.74, 6) is 1.28. The van der Waals surface area contributed by atoms with Crippen LogP contribution in [0.25, 0.3) is 0 Å². The average molecular weight is 359 g/mol. The van der Waals surface area contributed by atoms with Crippen molar-refractivity contribution >= 4 is 17.6 Å². The summed E-state index contributed by atoms with van der Waals surface area (Å²) in [6.07, 6.45) is -0.704. The maximum Gasteiger partial charge on any atom is 0.263 e. The number of hydrogen-bond acceptors (Lipinski definition) is 5. The van der Waals surface area contributed by atoms with Gasteiger partial charge in [-0.15, -0.1) is 0 Å². The van der Waals surface area contributed by atoms with E-state index in [0.29, 0.717) is 23.2 Å². The normalized spacial score (nSPS) is 11.9. The predicted molar refractivity (Wildman–Crippen MR) is 98.1 cm³/mol. The second kappa shape index (κ2) is 8.51. The van der Waals surface area contributed by atoms with Gasteiger partial charge in [-0.05, 0) is 37.5 Å². The number of carbonyl (C=O) groups is 2. The molecule has 0 saturated heterocycles. The molecule has 7 nitrogen and oxygen atoms in total. The van der Waals surface area contributed by atoms with Crippen LogP contribution >= 0.6 is 0 Å². The third-order valence-corrected chi connectivity index (χ3v) is 3.84. The van der Waals surface area contributed by atoms with E-state index in [-0.39, 0.29) is 18.4 Å². The van der Waals surface area contributed by atoms with Crippen molar-refractivity contribution in [2.24, 2.45) is 0 Å². The number of aromatic nitrogens is 1. The zero-order chi connectivity index (χ0) is 19.3. The molecule has 0 saturated carbocycles. The van der Waals surface area contributed by atoms with E-state index in [0.717, 1.165) is 5.56 Å². The summed E-state index contributed by atoms with van der Waals surface area (Å²) in [6, 6.07) is 9.27. The van der Waals surface area contributed by atoms with Crippen LogP contribution in [0, 0.1) is 6.92 Å². The van der Waals surface area contributed by atoms with Gasteiger partial charge in [0.2, 0.25) is 5.91 Å². The third kappa shape index (κ3) is 5.34. The Hall–Kier alpha value is -2.83. The number of aryl methyl sites for hydroxylation is 1. The topological polar surface area (TPSA) is 84.7 Å². The molecule has 140 valence electrons. The molecule has 0 radical (unpaired) electrons. The molecule has 1 N–H and O–H groups in total. The number of nitrogens with zero attached hydrogens (tertiary/aromatic N) is 2. The van der Waals surface area contributed by atoms with E-state index in [1.54, 1.807) is 27.0 Å². The molecule has 26 heavy (non-hydrogen) atoms. The van der Waals surface area contributed by atoms with Crippen LogP contribution in [0.2, 0.25) is 0 Å². The average Bonchev–Trinajstić information content (AvgIpc) is 2.98. The summed E-state index contributed by atoms with van der Waals surface area (Å²) in [5.41, 5.74) is 1.14. The Morgan fingerprint density at radius 1 is 1.27 bits per heavy atom. The molecular weight excluding hydrogens is 334 g/mol. The highest BCUT2D eigenvalue weighted by atomic mass is 16.5. The second-order valence-corrected chi connectivity index (χ2v) is 6.55. The number of anilines is 1. The molecule has 0 spiro atoms. The number of ether oxygens (including phenoxy) is 1. The smallest absolute Gasteiger partial charge is 0.263 e. The van der Waals surface area contributed by atoms with Gasteiger partial charge in [0.25, 0.3) is 5.91 Å². The number of nitrogens with one attached hydrogen (secondary N) is 1. The molecule has 0 aliphatic rings. The summed E-state index contributed by atoms with van der Waals surface area (Å²) >= 11 is 0. The van der Waals surface area contributed by atoms with Gasteiger partial charge in [-0.25, -0.2) is 0 Å². The van der Waals surface area contributed by atoms with Crippen molar-refractivity contribution in [3.8, 4) is 5.75 Å². The van der Waals surface area contributed by atoms with Gasteiger partial charge in [-0.2, -0.15) is 0 Å². The molecule has 2 amide bonds. The minimum absolute atomic E-state index is 0.107. The summed E-state index contributed by atoms with van der Waals surface area (Å²) in [6.45, 7) is 7.47. The third-order valence-electron chi connectivity index (χ3n) is 3.84. The van der Waals surface area contributed by atoms with Gasteiger partial charge in [0.1, 0.15) is 11.5 Å². The fourth-order valence-corrected chi connectivity index (χ4v) is 2.41. The van der Waals surface area contributed by atoms with Crippen LogP contribution in [-0.4, -0.2) is 41.6 Å². The Kier molecular flexibility index (Phi) is 6.38. The van der Waals surface area contributed by atoms with E-state index in [4.69, 9.17) is 9.26 Å². The van der Waals surface area contributed by atoms with E-state index in [9.17, 15) is 9.59 Å². The lowest BCUT2D eigenvalue weighted by Crippen LogP contribution is -2.42. The molecule has 0 aliphatic heterocycles. The molecule has 2 rings (SSSR count). The molecule has 2 aromatic rings. The van der Waals surface area contributed by atoms with Crippen molar-refractivity contribution in [1.29, 1.82) is 0 Å². The van der Waals surface area contributed by atoms with Gasteiger partial charge in [0.05, 0.1) is 6.54 Å². The van der Waals surface area contributed by atoms with E-state index in [1.807, 2.05) is 24.3 Å². The molecule has 1 heterocycles. The van der Waals surface area contributed by atoms with Crippen LogP contribution in [0.15, 0.2) is 34.9 Å². The molecule has 0 fully saturated rings. The van der Waals surface area contributed by atoms with E-state index in [2.05, 4.69) is 24.3 Å². The van der Waals surface area contributed by atoms with Crippen LogP contribution in [0.3, 0.4) is 0 Å². The molecule has 1 aromatic carbocycles. The van der Waals surface area contributed by atoms with E-state index < -0.39 is 6.10 Å². The number of carbonyl (C=O) groups excluding carboxylic acids is 2. The summed E-state index contributed by atoms with van der Waals surface area (Å²) in [7, 11) is 1.56. The van der Waals surface area contributed by atoms with Gasteiger partial charge in [0.15, 0.2) is 11.9 Å². The highest BCUT2D eigenvalue weighted by Crippen LogP contribution is 2.21. The van der Waals surface area contributed by atoms with Gasteiger partial charge < -0.3 is 19.5 Å².